The molecule has 0 atom stereocenters. The summed E-state index contributed by atoms with van der Waals surface area (Å²) < 4.78 is 14.1. The average molecular weight is 487 g/mol. The smallest absolute Gasteiger partial charge is 0.247 e. The van der Waals surface area contributed by atoms with E-state index in [-0.39, 0.29) is 6.61 Å². The van der Waals surface area contributed by atoms with Crippen LogP contribution < -0.4 is 10.6 Å². The summed E-state index contributed by atoms with van der Waals surface area (Å²) in [6, 6.07) is 13.7. The molecule has 0 aliphatic carbocycles. The van der Waals surface area contributed by atoms with Gasteiger partial charge in [-0.05, 0) is 49.2 Å². The number of nitrogen functional groups attached to an aromatic ring is 1. The lowest BCUT2D eigenvalue weighted by atomic mass is 10.1. The minimum absolute atomic E-state index is 0.226. The van der Waals surface area contributed by atoms with Crippen molar-refractivity contribution in [3.8, 4) is 17.2 Å². The Hall–Kier alpha value is -2.85. The molecule has 2 aromatic heterocycles. The fraction of sp³-hybridized carbons (Fsp3) is 0.200. The molecular formula is C20H19BrN6O2S. The molecule has 0 radical (unpaired) electrons. The van der Waals surface area contributed by atoms with Gasteiger partial charge in [-0.3, -0.25) is 0 Å². The Balaban J connectivity index is 1.38. The second-order valence-electron chi connectivity index (χ2n) is 6.57. The van der Waals surface area contributed by atoms with Gasteiger partial charge in [0, 0.05) is 10.0 Å². The van der Waals surface area contributed by atoms with Gasteiger partial charge in [0.25, 0.3) is 0 Å². The van der Waals surface area contributed by atoms with Gasteiger partial charge >= 0.3 is 0 Å². The second-order valence-corrected chi connectivity index (χ2v) is 8.43. The van der Waals surface area contributed by atoms with Gasteiger partial charge in [-0.1, -0.05) is 45.9 Å². The van der Waals surface area contributed by atoms with Crippen LogP contribution in [0.4, 0.5) is 0 Å². The molecule has 2 aromatic carbocycles. The molecule has 4 aromatic rings. The predicted octanol–water partition coefficient (Wildman–Crippen LogP) is 4.29. The molecule has 10 heteroatoms. The highest BCUT2D eigenvalue weighted by atomic mass is 79.9. The Kier molecular flexibility index (Phi) is 6.05. The third-order valence-electron chi connectivity index (χ3n) is 4.37. The predicted molar refractivity (Wildman–Crippen MR) is 117 cm³/mol. The van der Waals surface area contributed by atoms with Crippen molar-refractivity contribution in [3.05, 3.63) is 69.8 Å². The van der Waals surface area contributed by atoms with Crippen molar-refractivity contribution < 1.29 is 9.15 Å². The number of ether oxygens (including phenoxy) is 1. The number of rotatable bonds is 7. The first-order chi connectivity index (χ1) is 14.5. The standard InChI is InChI=1S/C20H19BrN6O2S/c1-12-4-3-5-13(2)18(12)28-10-16-23-26-20(27(16)22)30-11-17-24-25-19(29-17)14-6-8-15(21)9-7-14/h3-9H,10-11,22H2,1-2H3. The van der Waals surface area contributed by atoms with Crippen LogP contribution in [0.5, 0.6) is 5.75 Å². The summed E-state index contributed by atoms with van der Waals surface area (Å²) >= 11 is 4.77. The molecule has 0 saturated carbocycles. The van der Waals surface area contributed by atoms with E-state index in [2.05, 4.69) is 36.3 Å². The van der Waals surface area contributed by atoms with Gasteiger partial charge in [0.2, 0.25) is 16.9 Å². The molecule has 0 amide bonds. The highest BCUT2D eigenvalue weighted by molar-refractivity contribution is 9.10. The van der Waals surface area contributed by atoms with Gasteiger partial charge in [-0.25, -0.2) is 4.68 Å². The maximum atomic E-state index is 6.14. The topological polar surface area (TPSA) is 105 Å². The first kappa shape index (κ1) is 20.4. The van der Waals surface area contributed by atoms with Crippen molar-refractivity contribution in [1.29, 1.82) is 0 Å². The van der Waals surface area contributed by atoms with Gasteiger partial charge in [0.15, 0.2) is 5.82 Å². The summed E-state index contributed by atoms with van der Waals surface area (Å²) in [6.07, 6.45) is 0. The number of thioether (sulfide) groups is 1. The van der Waals surface area contributed by atoms with Crippen molar-refractivity contribution in [3.63, 3.8) is 0 Å². The lowest BCUT2D eigenvalue weighted by molar-refractivity contribution is 0.288. The monoisotopic (exact) mass is 486 g/mol. The highest BCUT2D eigenvalue weighted by Gasteiger charge is 2.15. The van der Waals surface area contributed by atoms with E-state index in [1.54, 1.807) is 0 Å². The van der Waals surface area contributed by atoms with Crippen LogP contribution in [0.3, 0.4) is 0 Å². The SMILES string of the molecule is Cc1cccc(C)c1OCc1nnc(SCc2nnc(-c3ccc(Br)cc3)o2)n1N. The largest absolute Gasteiger partial charge is 0.485 e. The van der Waals surface area contributed by atoms with Crippen molar-refractivity contribution >= 4 is 27.7 Å². The molecular weight excluding hydrogens is 468 g/mol. The number of nitrogens with zero attached hydrogens (tertiary/aromatic N) is 5. The number of hydrogen-bond donors (Lipinski definition) is 1. The van der Waals surface area contributed by atoms with Crippen LogP contribution in [0, 0.1) is 13.8 Å². The average Bonchev–Trinajstić information content (AvgIpc) is 3.34. The molecule has 30 heavy (non-hydrogen) atoms. The van der Waals surface area contributed by atoms with E-state index in [1.807, 2.05) is 56.3 Å². The Bertz CT molecular complexity index is 1140. The molecule has 2 heterocycles. The lowest BCUT2D eigenvalue weighted by Gasteiger charge is -2.11. The summed E-state index contributed by atoms with van der Waals surface area (Å²) in [6.45, 7) is 4.23. The quantitative estimate of drug-likeness (QED) is 0.304. The van der Waals surface area contributed by atoms with Crippen LogP contribution in [-0.4, -0.2) is 25.1 Å². The van der Waals surface area contributed by atoms with E-state index >= 15 is 0 Å². The van der Waals surface area contributed by atoms with E-state index in [0.29, 0.717) is 28.5 Å². The van der Waals surface area contributed by atoms with Crippen LogP contribution >= 0.6 is 27.7 Å². The van der Waals surface area contributed by atoms with E-state index in [1.165, 1.54) is 16.4 Å². The highest BCUT2D eigenvalue weighted by Crippen LogP contribution is 2.26. The van der Waals surface area contributed by atoms with Crippen molar-refractivity contribution in [1.82, 2.24) is 25.1 Å². The number of benzene rings is 2. The molecule has 0 fully saturated rings. The maximum Gasteiger partial charge on any atom is 0.247 e. The molecule has 2 N–H and O–H groups in total. The molecule has 154 valence electrons. The summed E-state index contributed by atoms with van der Waals surface area (Å²) in [7, 11) is 0. The van der Waals surface area contributed by atoms with Gasteiger partial charge in [0.05, 0.1) is 5.75 Å². The molecule has 0 saturated heterocycles. The van der Waals surface area contributed by atoms with E-state index in [4.69, 9.17) is 15.0 Å². The molecule has 8 nitrogen and oxygen atoms in total. The summed E-state index contributed by atoms with van der Waals surface area (Å²) in [5.74, 6) is 8.88. The number of para-hydroxylation sites is 1. The van der Waals surface area contributed by atoms with Crippen LogP contribution in [0.2, 0.25) is 0 Å². The Morgan fingerprint density at radius 3 is 2.50 bits per heavy atom. The summed E-state index contributed by atoms with van der Waals surface area (Å²) in [4.78, 5) is 0. The fourth-order valence-electron chi connectivity index (χ4n) is 2.81. The van der Waals surface area contributed by atoms with Crippen molar-refractivity contribution in [2.24, 2.45) is 0 Å². The minimum Gasteiger partial charge on any atom is -0.485 e. The van der Waals surface area contributed by atoms with Crippen LogP contribution in [0.1, 0.15) is 22.8 Å². The zero-order chi connectivity index (χ0) is 21.1. The lowest BCUT2D eigenvalue weighted by Crippen LogP contribution is -2.16. The van der Waals surface area contributed by atoms with Gasteiger partial charge < -0.3 is 15.0 Å². The van der Waals surface area contributed by atoms with Crippen molar-refractivity contribution in [2.45, 2.75) is 31.4 Å². The normalized spacial score (nSPS) is 11.0. The van der Waals surface area contributed by atoms with E-state index < -0.39 is 0 Å². The third kappa shape index (κ3) is 4.49. The number of aryl methyl sites for hydroxylation is 2. The molecule has 4 rings (SSSR count). The molecule has 0 aliphatic rings. The van der Waals surface area contributed by atoms with Crippen LogP contribution in [0.25, 0.3) is 11.5 Å². The fourth-order valence-corrected chi connectivity index (χ4v) is 3.79. The first-order valence-electron chi connectivity index (χ1n) is 9.11. The number of halogens is 1. The van der Waals surface area contributed by atoms with Gasteiger partial charge in [-0.15, -0.1) is 20.4 Å². The minimum atomic E-state index is 0.226. The Labute approximate surface area is 186 Å². The molecule has 0 aliphatic heterocycles. The second kappa shape index (κ2) is 8.88. The van der Waals surface area contributed by atoms with Crippen LogP contribution in [-0.2, 0) is 12.4 Å². The molecule has 0 bridgehead atoms. The number of aromatic nitrogens is 5. The number of nitrogens with two attached hydrogens (primary N) is 1. The zero-order valence-corrected chi connectivity index (χ0v) is 18.8. The maximum absolute atomic E-state index is 6.14. The Morgan fingerprint density at radius 2 is 1.77 bits per heavy atom. The summed E-state index contributed by atoms with van der Waals surface area (Å²) in [5, 5.41) is 17.0. The zero-order valence-electron chi connectivity index (χ0n) is 16.4. The summed E-state index contributed by atoms with van der Waals surface area (Å²) in [5.41, 5.74) is 2.98. The Morgan fingerprint density at radius 1 is 1.03 bits per heavy atom. The first-order valence-corrected chi connectivity index (χ1v) is 10.9. The van der Waals surface area contributed by atoms with E-state index in [0.717, 1.165) is 26.9 Å². The molecule has 0 unspecified atom stereocenters. The van der Waals surface area contributed by atoms with E-state index in [9.17, 15) is 0 Å². The van der Waals surface area contributed by atoms with Crippen molar-refractivity contribution in [2.75, 3.05) is 5.84 Å². The number of hydrogen-bond acceptors (Lipinski definition) is 8. The van der Waals surface area contributed by atoms with Crippen LogP contribution in [0.15, 0.2) is 56.5 Å². The van der Waals surface area contributed by atoms with Gasteiger partial charge in [-0.2, -0.15) is 0 Å². The van der Waals surface area contributed by atoms with Gasteiger partial charge in [0.1, 0.15) is 12.4 Å². The third-order valence-corrected chi connectivity index (χ3v) is 5.83. The molecule has 0 spiro atoms.